The molecule has 6 nitrogen and oxygen atoms in total. The number of carbonyl (C=O) groups excluding carboxylic acids is 3. The van der Waals surface area contributed by atoms with Crippen molar-refractivity contribution in [3.8, 4) is 0 Å². The fourth-order valence-electron chi connectivity index (χ4n) is 9.90. The van der Waals surface area contributed by atoms with Crippen molar-refractivity contribution in [2.24, 2.45) is 11.8 Å². The van der Waals surface area contributed by atoms with Gasteiger partial charge < -0.3 is 14.2 Å². The molecule has 0 saturated heterocycles. The van der Waals surface area contributed by atoms with Crippen molar-refractivity contribution in [2.45, 2.75) is 368 Å². The van der Waals surface area contributed by atoms with Crippen molar-refractivity contribution in [3.63, 3.8) is 0 Å². The van der Waals surface area contributed by atoms with Gasteiger partial charge in [-0.05, 0) is 31.1 Å². The van der Waals surface area contributed by atoms with Crippen LogP contribution < -0.4 is 0 Å². The Bertz CT molecular complexity index is 1070. The molecule has 2 atom stereocenters. The maximum Gasteiger partial charge on any atom is 0.306 e. The Labute approximate surface area is 438 Å². The van der Waals surface area contributed by atoms with Crippen LogP contribution in [0.25, 0.3) is 0 Å². The second kappa shape index (κ2) is 56.7. The maximum absolute atomic E-state index is 12.9. The van der Waals surface area contributed by atoms with E-state index < -0.39 is 6.10 Å². The predicted octanol–water partition coefficient (Wildman–Crippen LogP) is 21.2. The van der Waals surface area contributed by atoms with E-state index in [0.29, 0.717) is 19.3 Å². The summed E-state index contributed by atoms with van der Waals surface area (Å²) in [4.78, 5) is 38.3. The third kappa shape index (κ3) is 55.7. The van der Waals surface area contributed by atoms with Crippen LogP contribution >= 0.6 is 0 Å². The van der Waals surface area contributed by atoms with Crippen molar-refractivity contribution in [1.29, 1.82) is 0 Å². The Kier molecular flexibility index (Phi) is 55.4. The third-order valence-electron chi connectivity index (χ3n) is 15.1. The second-order valence-corrected chi connectivity index (χ2v) is 22.8. The summed E-state index contributed by atoms with van der Waals surface area (Å²) in [6, 6.07) is 0. The fourth-order valence-corrected chi connectivity index (χ4v) is 9.90. The first-order valence-electron chi connectivity index (χ1n) is 31.8. The molecule has 0 amide bonds. The number of unbranched alkanes of at least 4 members (excludes halogenated alkanes) is 42. The van der Waals surface area contributed by atoms with Crippen LogP contribution in [0.2, 0.25) is 0 Å². The molecule has 0 fully saturated rings. The molecule has 0 spiro atoms. The first-order valence-corrected chi connectivity index (χ1v) is 31.8. The van der Waals surface area contributed by atoms with Crippen LogP contribution in [0.3, 0.4) is 0 Å². The molecule has 0 bridgehead atoms. The average Bonchev–Trinajstić information content (AvgIpc) is 3.35. The van der Waals surface area contributed by atoms with Crippen molar-refractivity contribution >= 4 is 17.9 Å². The average molecular weight is 990 g/mol. The molecular weight excluding hydrogens is 865 g/mol. The monoisotopic (exact) mass is 989 g/mol. The number of hydrogen-bond donors (Lipinski definition) is 0. The zero-order valence-electron chi connectivity index (χ0n) is 48.2. The van der Waals surface area contributed by atoms with Gasteiger partial charge in [0.1, 0.15) is 13.2 Å². The van der Waals surface area contributed by atoms with E-state index in [0.717, 1.165) is 69.6 Å². The van der Waals surface area contributed by atoms with Crippen LogP contribution in [0.1, 0.15) is 362 Å². The minimum absolute atomic E-state index is 0.0619. The van der Waals surface area contributed by atoms with Gasteiger partial charge >= 0.3 is 17.9 Å². The minimum Gasteiger partial charge on any atom is -0.462 e. The lowest BCUT2D eigenvalue weighted by molar-refractivity contribution is -0.167. The first kappa shape index (κ1) is 68.4. The molecule has 6 heteroatoms. The van der Waals surface area contributed by atoms with E-state index in [1.807, 2.05) is 0 Å². The zero-order chi connectivity index (χ0) is 51.1. The van der Waals surface area contributed by atoms with E-state index in [2.05, 4.69) is 34.6 Å². The van der Waals surface area contributed by atoms with Gasteiger partial charge in [-0.15, -0.1) is 0 Å². The number of rotatable bonds is 58. The van der Waals surface area contributed by atoms with Gasteiger partial charge in [0.15, 0.2) is 6.10 Å². The first-order chi connectivity index (χ1) is 34.3. The molecule has 0 N–H and O–H groups in total. The summed E-state index contributed by atoms with van der Waals surface area (Å²) < 4.78 is 17.0. The number of ether oxygens (including phenoxy) is 3. The van der Waals surface area contributed by atoms with Crippen LogP contribution in [0.4, 0.5) is 0 Å². The summed E-state index contributed by atoms with van der Waals surface area (Å²) in [6.45, 7) is 11.5. The molecule has 416 valence electrons. The highest BCUT2D eigenvalue weighted by atomic mass is 16.6. The molecule has 0 aliphatic rings. The molecule has 0 heterocycles. The van der Waals surface area contributed by atoms with Crippen LogP contribution in [-0.2, 0) is 28.6 Å². The van der Waals surface area contributed by atoms with Gasteiger partial charge in [-0.2, -0.15) is 0 Å². The number of carbonyl (C=O) groups is 3. The topological polar surface area (TPSA) is 78.9 Å². The zero-order valence-corrected chi connectivity index (χ0v) is 48.2. The van der Waals surface area contributed by atoms with E-state index in [4.69, 9.17) is 14.2 Å². The SMILES string of the molecule is CCCCCCCCCCCCCCCCCCCC(=O)OC[C@@H](COC(=O)CCCCCCCCCCCCCCCCC(C)CC)OC(=O)CCCCCCCCCCCCCCCCC(C)C. The normalized spacial score (nSPS) is 12.4. The van der Waals surface area contributed by atoms with E-state index in [9.17, 15) is 14.4 Å². The molecule has 0 aromatic rings. The third-order valence-corrected chi connectivity index (χ3v) is 15.1. The highest BCUT2D eigenvalue weighted by Crippen LogP contribution is 2.19. The molecule has 0 rings (SSSR count). The Balaban J connectivity index is 4.30. The van der Waals surface area contributed by atoms with Crippen molar-refractivity contribution in [3.05, 3.63) is 0 Å². The highest BCUT2D eigenvalue weighted by molar-refractivity contribution is 5.71. The van der Waals surface area contributed by atoms with Crippen molar-refractivity contribution in [1.82, 2.24) is 0 Å². The summed E-state index contributed by atoms with van der Waals surface area (Å²) >= 11 is 0. The molecule has 0 radical (unpaired) electrons. The molecule has 0 aromatic heterocycles. The lowest BCUT2D eigenvalue weighted by Crippen LogP contribution is -2.30. The van der Waals surface area contributed by atoms with Crippen LogP contribution in [0.15, 0.2) is 0 Å². The summed E-state index contributed by atoms with van der Waals surface area (Å²) in [5, 5.41) is 0. The summed E-state index contributed by atoms with van der Waals surface area (Å²) in [5.74, 6) is 0.908. The summed E-state index contributed by atoms with van der Waals surface area (Å²) in [6.07, 6.45) is 62.3. The predicted molar refractivity (Wildman–Crippen MR) is 303 cm³/mol. The van der Waals surface area contributed by atoms with E-state index in [1.54, 1.807) is 0 Å². The Hall–Kier alpha value is -1.59. The molecular formula is C64H124O6. The van der Waals surface area contributed by atoms with Gasteiger partial charge in [0, 0.05) is 19.3 Å². The maximum atomic E-state index is 12.9. The van der Waals surface area contributed by atoms with E-state index >= 15 is 0 Å². The summed E-state index contributed by atoms with van der Waals surface area (Å²) in [5.41, 5.74) is 0. The van der Waals surface area contributed by atoms with Gasteiger partial charge in [0.25, 0.3) is 0 Å². The van der Waals surface area contributed by atoms with Crippen LogP contribution in [-0.4, -0.2) is 37.2 Å². The molecule has 0 saturated carbocycles. The second-order valence-electron chi connectivity index (χ2n) is 22.8. The lowest BCUT2D eigenvalue weighted by Gasteiger charge is -2.18. The molecule has 0 aliphatic carbocycles. The quantitative estimate of drug-likeness (QED) is 0.0343. The minimum atomic E-state index is -0.764. The van der Waals surface area contributed by atoms with Crippen molar-refractivity contribution in [2.75, 3.05) is 13.2 Å². The summed E-state index contributed by atoms with van der Waals surface area (Å²) in [7, 11) is 0. The Morgan fingerprint density at radius 1 is 0.300 bits per heavy atom. The Morgan fingerprint density at radius 2 is 0.543 bits per heavy atom. The highest BCUT2D eigenvalue weighted by Gasteiger charge is 2.19. The molecule has 70 heavy (non-hydrogen) atoms. The van der Waals surface area contributed by atoms with Gasteiger partial charge in [0.05, 0.1) is 0 Å². The molecule has 0 aliphatic heterocycles. The molecule has 0 aromatic carbocycles. The van der Waals surface area contributed by atoms with Gasteiger partial charge in [-0.1, -0.05) is 324 Å². The number of esters is 3. The van der Waals surface area contributed by atoms with E-state index in [-0.39, 0.29) is 31.1 Å². The fraction of sp³-hybridized carbons (Fsp3) is 0.953. The molecule has 1 unspecified atom stereocenters. The van der Waals surface area contributed by atoms with Crippen LogP contribution in [0, 0.1) is 11.8 Å². The van der Waals surface area contributed by atoms with E-state index in [1.165, 1.54) is 250 Å². The standard InChI is InChI=1S/C64H124O6/c1-6-8-9-10-11-12-13-14-15-16-17-24-29-34-39-44-49-54-62(65)68-57-61(70-64(67)56-51-46-41-36-31-26-20-18-22-27-32-37-42-47-52-59(3)4)58-69-63(66)55-50-45-40-35-30-25-21-19-23-28-33-38-43-48-53-60(5)7-2/h59-61H,6-58H2,1-5H3/t60?,61-/m0/s1. The van der Waals surface area contributed by atoms with Crippen LogP contribution in [0.5, 0.6) is 0 Å². The van der Waals surface area contributed by atoms with Gasteiger partial charge in [-0.25, -0.2) is 0 Å². The smallest absolute Gasteiger partial charge is 0.306 e. The Morgan fingerprint density at radius 3 is 0.814 bits per heavy atom. The largest absolute Gasteiger partial charge is 0.462 e. The van der Waals surface area contributed by atoms with Crippen molar-refractivity contribution < 1.29 is 28.6 Å². The number of hydrogen-bond acceptors (Lipinski definition) is 6. The van der Waals surface area contributed by atoms with Gasteiger partial charge in [0.2, 0.25) is 0 Å². The van der Waals surface area contributed by atoms with Gasteiger partial charge in [-0.3, -0.25) is 14.4 Å². The lowest BCUT2D eigenvalue weighted by atomic mass is 9.99.